The Morgan fingerprint density at radius 1 is 0.683 bits per heavy atom. The summed E-state index contributed by atoms with van der Waals surface area (Å²) in [6, 6.07) is 18.2. The number of carbonyl (C=O) groups excluding carboxylic acids is 4. The molecule has 0 radical (unpaired) electrons. The second-order valence-electron chi connectivity index (χ2n) is 8.06. The maximum absolute atomic E-state index is 12.2. The van der Waals surface area contributed by atoms with E-state index in [-0.39, 0.29) is 13.6 Å². The molecule has 0 aromatic heterocycles. The van der Waals surface area contributed by atoms with Crippen LogP contribution in [0.2, 0.25) is 0 Å². The third kappa shape index (κ3) is 11.1. The van der Waals surface area contributed by atoms with Gasteiger partial charge in [-0.3, -0.25) is 0 Å². The summed E-state index contributed by atoms with van der Waals surface area (Å²) >= 11 is 0. The van der Waals surface area contributed by atoms with Crippen molar-refractivity contribution in [1.82, 2.24) is 0 Å². The number of methoxy groups -OCH3 is 1. The van der Waals surface area contributed by atoms with E-state index in [2.05, 4.69) is 22.6 Å². The van der Waals surface area contributed by atoms with Crippen LogP contribution in [0.5, 0.6) is 17.2 Å². The Balaban J connectivity index is 0.000000305. The number of aryl methyl sites for hydroxylation is 2. The lowest BCUT2D eigenvalue weighted by Crippen LogP contribution is -2.10. The first-order valence-electron chi connectivity index (χ1n) is 12.1. The summed E-state index contributed by atoms with van der Waals surface area (Å²) in [6.07, 6.45) is 2.10. The number of hydrogen-bond acceptors (Lipinski definition) is 10. The molecule has 0 aliphatic heterocycles. The van der Waals surface area contributed by atoms with Gasteiger partial charge in [-0.1, -0.05) is 30.9 Å². The molecule has 3 aromatic rings. The SMILES string of the molecule is C=CC(=O)OCOc1ccc(C(=O)OC)cc1.C=CC(=O)OCOc1ccc(C(=O)Oc2ccc(C)cc2C)cc1. The molecule has 41 heavy (non-hydrogen) atoms. The fraction of sp³-hybridized carbons (Fsp3) is 0.161. The summed E-state index contributed by atoms with van der Waals surface area (Å²) < 4.78 is 29.6. The van der Waals surface area contributed by atoms with Crippen molar-refractivity contribution < 1.29 is 47.6 Å². The monoisotopic (exact) mass is 562 g/mol. The first-order chi connectivity index (χ1) is 19.7. The molecule has 0 aliphatic rings. The van der Waals surface area contributed by atoms with Crippen LogP contribution >= 0.6 is 0 Å². The maximum Gasteiger partial charge on any atom is 0.343 e. The molecular formula is C31H30O10. The fourth-order valence-electron chi connectivity index (χ4n) is 2.99. The smallest absolute Gasteiger partial charge is 0.343 e. The highest BCUT2D eigenvalue weighted by atomic mass is 16.7. The van der Waals surface area contributed by atoms with Gasteiger partial charge in [-0.15, -0.1) is 0 Å². The van der Waals surface area contributed by atoms with Crippen molar-refractivity contribution in [3.8, 4) is 17.2 Å². The molecule has 0 bridgehead atoms. The normalized spacial score (nSPS) is 9.63. The van der Waals surface area contributed by atoms with Gasteiger partial charge in [0, 0.05) is 12.2 Å². The van der Waals surface area contributed by atoms with Crippen LogP contribution in [0.3, 0.4) is 0 Å². The lowest BCUT2D eigenvalue weighted by atomic mass is 10.1. The quantitative estimate of drug-likeness (QED) is 0.102. The Labute approximate surface area is 237 Å². The first-order valence-corrected chi connectivity index (χ1v) is 12.1. The predicted molar refractivity (Wildman–Crippen MR) is 149 cm³/mol. The molecule has 0 amide bonds. The molecule has 0 saturated carbocycles. The van der Waals surface area contributed by atoms with Gasteiger partial charge in [0.2, 0.25) is 13.6 Å². The van der Waals surface area contributed by atoms with Gasteiger partial charge in [-0.2, -0.15) is 0 Å². The van der Waals surface area contributed by atoms with Crippen LogP contribution in [0.15, 0.2) is 92.0 Å². The van der Waals surface area contributed by atoms with Gasteiger partial charge in [-0.05, 0) is 74.0 Å². The molecule has 10 nitrogen and oxygen atoms in total. The van der Waals surface area contributed by atoms with Gasteiger partial charge in [0.05, 0.1) is 18.2 Å². The number of benzene rings is 3. The number of esters is 4. The first kappa shape index (κ1) is 31.8. The standard InChI is InChI=1S/C19H18O5.C12H12O5/c1-4-18(20)23-12-22-16-8-6-15(7-9-16)19(21)24-17-10-5-13(2)11-14(17)3;1-3-11(13)17-8-16-10-6-4-9(5-7-10)12(14)15-2/h4-11H,1,12H2,2-3H3;3-7H,1,8H2,2H3. The number of carbonyl (C=O) groups is 4. The Morgan fingerprint density at radius 3 is 1.56 bits per heavy atom. The second-order valence-corrected chi connectivity index (χ2v) is 8.06. The molecule has 0 unspecified atom stereocenters. The molecule has 0 spiro atoms. The average molecular weight is 563 g/mol. The van der Waals surface area contributed by atoms with E-state index >= 15 is 0 Å². The molecule has 0 heterocycles. The molecule has 0 atom stereocenters. The molecule has 0 aliphatic carbocycles. The number of hydrogen-bond donors (Lipinski definition) is 0. The zero-order chi connectivity index (χ0) is 30.2. The number of rotatable bonds is 11. The Kier molecular flexibility index (Phi) is 12.9. The summed E-state index contributed by atoms with van der Waals surface area (Å²) in [5, 5.41) is 0. The van der Waals surface area contributed by atoms with E-state index in [1.807, 2.05) is 26.0 Å². The molecule has 0 fully saturated rings. The summed E-state index contributed by atoms with van der Waals surface area (Å²) in [5.74, 6) is -0.521. The average Bonchev–Trinajstić information content (AvgIpc) is 2.99. The van der Waals surface area contributed by atoms with Crippen molar-refractivity contribution in [3.05, 3.63) is 114 Å². The van der Waals surface area contributed by atoms with Crippen LogP contribution in [0.25, 0.3) is 0 Å². The molecule has 10 heteroatoms. The molecule has 0 saturated heterocycles. The Bertz CT molecular complexity index is 1360. The van der Waals surface area contributed by atoms with Gasteiger partial charge < -0.3 is 28.4 Å². The fourth-order valence-corrected chi connectivity index (χ4v) is 2.99. The van der Waals surface area contributed by atoms with E-state index in [0.29, 0.717) is 28.4 Å². The minimum absolute atomic E-state index is 0.206. The summed E-state index contributed by atoms with van der Waals surface area (Å²) in [5.41, 5.74) is 2.81. The molecule has 3 rings (SSSR count). The van der Waals surface area contributed by atoms with Crippen molar-refractivity contribution in [3.63, 3.8) is 0 Å². The molecule has 214 valence electrons. The van der Waals surface area contributed by atoms with Crippen molar-refractivity contribution in [2.45, 2.75) is 13.8 Å². The van der Waals surface area contributed by atoms with Crippen LogP contribution in [-0.4, -0.2) is 44.6 Å². The molecule has 3 aromatic carbocycles. The Morgan fingerprint density at radius 2 is 1.15 bits per heavy atom. The van der Waals surface area contributed by atoms with E-state index in [4.69, 9.17) is 18.9 Å². The third-order valence-electron chi connectivity index (χ3n) is 5.09. The highest BCUT2D eigenvalue weighted by molar-refractivity contribution is 5.91. The van der Waals surface area contributed by atoms with E-state index in [1.165, 1.54) is 7.11 Å². The third-order valence-corrected chi connectivity index (χ3v) is 5.09. The molecule has 0 N–H and O–H groups in total. The van der Waals surface area contributed by atoms with Crippen molar-refractivity contribution >= 4 is 23.9 Å². The summed E-state index contributed by atoms with van der Waals surface area (Å²) in [4.78, 5) is 44.9. The minimum atomic E-state index is -0.566. The van der Waals surface area contributed by atoms with E-state index in [1.54, 1.807) is 54.6 Å². The van der Waals surface area contributed by atoms with Crippen molar-refractivity contribution in [2.75, 3.05) is 20.7 Å². The minimum Gasteiger partial charge on any atom is -0.465 e. The van der Waals surface area contributed by atoms with E-state index < -0.39 is 23.9 Å². The number of ether oxygens (including phenoxy) is 6. The highest BCUT2D eigenvalue weighted by Gasteiger charge is 2.11. The largest absolute Gasteiger partial charge is 0.465 e. The van der Waals surface area contributed by atoms with E-state index in [0.717, 1.165) is 23.3 Å². The van der Waals surface area contributed by atoms with Gasteiger partial charge in [0.25, 0.3) is 0 Å². The highest BCUT2D eigenvalue weighted by Crippen LogP contribution is 2.21. The van der Waals surface area contributed by atoms with Crippen molar-refractivity contribution in [2.24, 2.45) is 0 Å². The summed E-state index contributed by atoms with van der Waals surface area (Å²) in [6.45, 7) is 9.96. The van der Waals surface area contributed by atoms with E-state index in [9.17, 15) is 19.2 Å². The topological polar surface area (TPSA) is 124 Å². The lowest BCUT2D eigenvalue weighted by molar-refractivity contribution is -0.145. The zero-order valence-corrected chi connectivity index (χ0v) is 22.9. The van der Waals surface area contributed by atoms with Crippen molar-refractivity contribution in [1.29, 1.82) is 0 Å². The van der Waals surface area contributed by atoms with Crippen LogP contribution in [0, 0.1) is 13.8 Å². The van der Waals surface area contributed by atoms with Gasteiger partial charge in [0.15, 0.2) is 0 Å². The van der Waals surface area contributed by atoms with Crippen LogP contribution in [0.4, 0.5) is 0 Å². The predicted octanol–water partition coefficient (Wildman–Crippen LogP) is 5.13. The second kappa shape index (κ2) is 16.6. The Hall–Kier alpha value is -5.38. The van der Waals surface area contributed by atoms with Gasteiger partial charge in [0.1, 0.15) is 17.2 Å². The molecular weight excluding hydrogens is 532 g/mol. The zero-order valence-electron chi connectivity index (χ0n) is 22.9. The summed E-state index contributed by atoms with van der Waals surface area (Å²) in [7, 11) is 1.31. The van der Waals surface area contributed by atoms with Crippen LogP contribution in [0.1, 0.15) is 31.8 Å². The van der Waals surface area contributed by atoms with Crippen LogP contribution < -0.4 is 14.2 Å². The maximum atomic E-state index is 12.2. The van der Waals surface area contributed by atoms with Gasteiger partial charge in [-0.25, -0.2) is 19.2 Å². The lowest BCUT2D eigenvalue weighted by Gasteiger charge is -2.09. The van der Waals surface area contributed by atoms with Gasteiger partial charge >= 0.3 is 23.9 Å². The van der Waals surface area contributed by atoms with Crippen LogP contribution in [-0.2, 0) is 23.8 Å².